The maximum atomic E-state index is 12.9. The highest BCUT2D eigenvalue weighted by Crippen LogP contribution is 2.34. The third kappa shape index (κ3) is 7.38. The maximum Gasteiger partial charge on any atom is 0.393 e. The molecule has 0 spiro atoms. The number of benzene rings is 1. The van der Waals surface area contributed by atoms with Gasteiger partial charge in [0, 0.05) is 30.6 Å². The van der Waals surface area contributed by atoms with Gasteiger partial charge >= 0.3 is 6.18 Å². The van der Waals surface area contributed by atoms with Crippen LogP contribution in [0.1, 0.15) is 36.1 Å². The molecule has 1 aromatic carbocycles. The first-order valence-electron chi connectivity index (χ1n) is 12.3. The van der Waals surface area contributed by atoms with Crippen molar-refractivity contribution in [1.29, 1.82) is 0 Å². The third-order valence-electron chi connectivity index (χ3n) is 6.53. The predicted octanol–water partition coefficient (Wildman–Crippen LogP) is 5.61. The van der Waals surface area contributed by atoms with Crippen molar-refractivity contribution in [2.75, 3.05) is 45.2 Å². The Morgan fingerprint density at radius 2 is 1.86 bits per heavy atom. The molecule has 1 aliphatic rings. The third-order valence-corrected chi connectivity index (χ3v) is 7.57. The van der Waals surface area contributed by atoms with Gasteiger partial charge in [0.1, 0.15) is 17.0 Å². The van der Waals surface area contributed by atoms with E-state index in [1.807, 2.05) is 0 Å². The zero-order valence-electron chi connectivity index (χ0n) is 20.5. The van der Waals surface area contributed by atoms with Gasteiger partial charge in [0.25, 0.3) is 0 Å². The number of fused-ring (bicyclic) bond motifs is 1. The largest absolute Gasteiger partial charge is 0.393 e. The van der Waals surface area contributed by atoms with Crippen LogP contribution in [0.4, 0.5) is 19.0 Å². The van der Waals surface area contributed by atoms with Crippen molar-refractivity contribution < 1.29 is 13.2 Å². The Labute approximate surface area is 209 Å². The minimum atomic E-state index is -4.22. The summed E-state index contributed by atoms with van der Waals surface area (Å²) in [5.74, 6) is 0.766. The highest BCUT2D eigenvalue weighted by Gasteiger charge is 2.30. The summed E-state index contributed by atoms with van der Waals surface area (Å²) in [6, 6.07) is 12.7. The number of hydrogen-bond donors (Lipinski definition) is 0. The molecular weight excluding hydrogens is 471 g/mol. The van der Waals surface area contributed by atoms with Gasteiger partial charge in [0.05, 0.1) is 11.8 Å². The SMILES string of the molecule is CN(C)CCCN(Cc1ccccc1)C1CCCN(c2ncnc3sc(CC(F)(F)F)cc23)CC1. The van der Waals surface area contributed by atoms with Gasteiger partial charge < -0.3 is 9.80 Å². The highest BCUT2D eigenvalue weighted by molar-refractivity contribution is 7.18. The average molecular weight is 506 g/mol. The fraction of sp³-hybridized carbons (Fsp3) is 0.538. The van der Waals surface area contributed by atoms with E-state index in [0.29, 0.717) is 10.9 Å². The van der Waals surface area contributed by atoms with Gasteiger partial charge in [-0.2, -0.15) is 13.2 Å². The normalized spacial score (nSPS) is 17.5. The molecule has 0 amide bonds. The minimum Gasteiger partial charge on any atom is -0.356 e. The van der Waals surface area contributed by atoms with Crippen LogP contribution in [0.5, 0.6) is 0 Å². The van der Waals surface area contributed by atoms with Crippen molar-refractivity contribution in [3.63, 3.8) is 0 Å². The van der Waals surface area contributed by atoms with E-state index in [0.717, 1.165) is 80.9 Å². The zero-order chi connectivity index (χ0) is 24.8. The lowest BCUT2D eigenvalue weighted by Crippen LogP contribution is -2.37. The Bertz CT molecular complexity index is 1070. The molecule has 0 N–H and O–H groups in total. The molecule has 0 bridgehead atoms. The van der Waals surface area contributed by atoms with Crippen molar-refractivity contribution in [1.82, 2.24) is 19.8 Å². The molecule has 1 atom stereocenters. The van der Waals surface area contributed by atoms with E-state index in [9.17, 15) is 13.2 Å². The molecule has 0 saturated carbocycles. The van der Waals surface area contributed by atoms with Gasteiger partial charge in [-0.1, -0.05) is 30.3 Å². The molecule has 2 aromatic heterocycles. The Morgan fingerprint density at radius 3 is 2.60 bits per heavy atom. The van der Waals surface area contributed by atoms with Crippen LogP contribution in [-0.4, -0.2) is 72.3 Å². The van der Waals surface area contributed by atoms with Crippen molar-refractivity contribution in [2.45, 2.75) is 50.9 Å². The van der Waals surface area contributed by atoms with Crippen LogP contribution in [0, 0.1) is 0 Å². The van der Waals surface area contributed by atoms with E-state index in [2.05, 4.69) is 69.1 Å². The summed E-state index contributed by atoms with van der Waals surface area (Å²) in [7, 11) is 4.22. The summed E-state index contributed by atoms with van der Waals surface area (Å²) in [5.41, 5.74) is 1.33. The number of thiophene rings is 1. The fourth-order valence-electron chi connectivity index (χ4n) is 4.88. The fourth-order valence-corrected chi connectivity index (χ4v) is 5.91. The Balaban J connectivity index is 1.48. The average Bonchev–Trinajstić information content (AvgIpc) is 3.04. The second kappa shape index (κ2) is 11.7. The van der Waals surface area contributed by atoms with Crippen LogP contribution in [0.2, 0.25) is 0 Å². The molecule has 0 radical (unpaired) electrons. The summed E-state index contributed by atoms with van der Waals surface area (Å²) < 4.78 is 38.8. The number of aromatic nitrogens is 2. The molecule has 1 unspecified atom stereocenters. The van der Waals surface area contributed by atoms with E-state index in [1.165, 1.54) is 11.9 Å². The van der Waals surface area contributed by atoms with E-state index in [-0.39, 0.29) is 4.88 Å². The molecule has 3 heterocycles. The van der Waals surface area contributed by atoms with Crippen molar-refractivity contribution in [3.05, 3.63) is 53.2 Å². The van der Waals surface area contributed by atoms with Gasteiger partial charge in [0.15, 0.2) is 0 Å². The first-order chi connectivity index (χ1) is 16.8. The minimum absolute atomic E-state index is 0.289. The van der Waals surface area contributed by atoms with Gasteiger partial charge in [0.2, 0.25) is 0 Å². The lowest BCUT2D eigenvalue weighted by atomic mass is 10.1. The first kappa shape index (κ1) is 25.9. The lowest BCUT2D eigenvalue weighted by Gasteiger charge is -2.32. The predicted molar refractivity (Wildman–Crippen MR) is 137 cm³/mol. The molecule has 1 saturated heterocycles. The van der Waals surface area contributed by atoms with E-state index in [4.69, 9.17) is 0 Å². The summed E-state index contributed by atoms with van der Waals surface area (Å²) >= 11 is 1.12. The van der Waals surface area contributed by atoms with E-state index >= 15 is 0 Å². The van der Waals surface area contributed by atoms with Crippen molar-refractivity contribution in [2.24, 2.45) is 0 Å². The van der Waals surface area contributed by atoms with Crippen LogP contribution in [0.25, 0.3) is 10.2 Å². The summed E-state index contributed by atoms with van der Waals surface area (Å²) in [6.45, 7) is 4.72. The summed E-state index contributed by atoms with van der Waals surface area (Å²) in [5, 5.41) is 0.738. The smallest absolute Gasteiger partial charge is 0.356 e. The Morgan fingerprint density at radius 1 is 1.06 bits per heavy atom. The number of anilines is 1. The molecule has 1 aliphatic heterocycles. The van der Waals surface area contributed by atoms with Gasteiger partial charge in [-0.3, -0.25) is 4.90 Å². The number of alkyl halides is 3. The lowest BCUT2D eigenvalue weighted by molar-refractivity contribution is -0.126. The second-order valence-corrected chi connectivity index (χ2v) is 10.7. The maximum absolute atomic E-state index is 12.9. The number of halogens is 3. The highest BCUT2D eigenvalue weighted by atomic mass is 32.1. The van der Waals surface area contributed by atoms with Gasteiger partial charge in [-0.15, -0.1) is 11.3 Å². The Kier molecular flexibility index (Phi) is 8.62. The van der Waals surface area contributed by atoms with Crippen molar-refractivity contribution >= 4 is 27.4 Å². The van der Waals surface area contributed by atoms with Gasteiger partial charge in [-0.05, 0) is 64.5 Å². The van der Waals surface area contributed by atoms with Crippen LogP contribution in [0.15, 0.2) is 42.7 Å². The van der Waals surface area contributed by atoms with Crippen LogP contribution < -0.4 is 4.90 Å². The molecule has 3 aromatic rings. The number of hydrogen-bond acceptors (Lipinski definition) is 6. The molecule has 9 heteroatoms. The summed E-state index contributed by atoms with van der Waals surface area (Å²) in [6.07, 6.45) is 0.577. The Hall–Kier alpha value is -2.23. The van der Waals surface area contributed by atoms with Crippen LogP contribution >= 0.6 is 11.3 Å². The van der Waals surface area contributed by atoms with Crippen LogP contribution in [-0.2, 0) is 13.0 Å². The molecule has 190 valence electrons. The number of rotatable bonds is 9. The molecular formula is C26H34F3N5S. The van der Waals surface area contributed by atoms with Gasteiger partial charge in [-0.25, -0.2) is 9.97 Å². The molecule has 35 heavy (non-hydrogen) atoms. The summed E-state index contributed by atoms with van der Waals surface area (Å²) in [4.78, 5) is 16.8. The second-order valence-electron chi connectivity index (χ2n) is 9.61. The topological polar surface area (TPSA) is 35.5 Å². The van der Waals surface area contributed by atoms with Crippen molar-refractivity contribution in [3.8, 4) is 0 Å². The monoisotopic (exact) mass is 505 g/mol. The molecule has 1 fully saturated rings. The zero-order valence-corrected chi connectivity index (χ0v) is 21.3. The molecule has 4 rings (SSSR count). The molecule has 5 nitrogen and oxygen atoms in total. The standard InChI is InChI=1S/C26H34F3N5S/c1-32(2)12-7-14-34(18-20-8-4-3-5-9-20)21-10-6-13-33(15-11-21)24-23-16-22(17-26(27,28)29)35-25(23)31-19-30-24/h3-5,8-9,16,19,21H,6-7,10-15,17-18H2,1-2H3. The van der Waals surface area contributed by atoms with Crippen LogP contribution in [0.3, 0.4) is 0 Å². The molecule has 0 aliphatic carbocycles. The van der Waals surface area contributed by atoms with E-state index in [1.54, 1.807) is 6.07 Å². The van der Waals surface area contributed by atoms with E-state index < -0.39 is 12.6 Å². The number of nitrogens with zero attached hydrogens (tertiary/aromatic N) is 5. The quantitative estimate of drug-likeness (QED) is 0.378. The first-order valence-corrected chi connectivity index (χ1v) is 13.1.